The molecule has 0 saturated heterocycles. The molecule has 3 N–H and O–H groups in total. The van der Waals surface area contributed by atoms with Gasteiger partial charge in [0.15, 0.2) is 0 Å². The van der Waals surface area contributed by atoms with Crippen LogP contribution in [0, 0.1) is 0 Å². The second-order valence-electron chi connectivity index (χ2n) is 12.8. The van der Waals surface area contributed by atoms with Gasteiger partial charge in [-0.15, -0.1) is 0 Å². The summed E-state index contributed by atoms with van der Waals surface area (Å²) in [6.07, 6.45) is 8.36. The van der Waals surface area contributed by atoms with Gasteiger partial charge in [0.25, 0.3) is 5.91 Å². The number of hydrogen-bond donors (Lipinski definition) is 3. The molecule has 1 fully saturated rings. The fourth-order valence-corrected chi connectivity index (χ4v) is 7.78. The zero-order valence-electron chi connectivity index (χ0n) is 26.0. The Kier molecular flexibility index (Phi) is 9.50. The van der Waals surface area contributed by atoms with Crippen LogP contribution in [0.15, 0.2) is 106 Å². The molecule has 5 aromatic rings. The van der Waals surface area contributed by atoms with Gasteiger partial charge < -0.3 is 25.0 Å². The Hall–Kier alpha value is -3.50. The molecule has 1 aliphatic heterocycles. The Bertz CT molecular complexity index is 1860. The van der Waals surface area contributed by atoms with Crippen molar-refractivity contribution in [1.29, 1.82) is 0 Å². The molecule has 3 aromatic carbocycles. The summed E-state index contributed by atoms with van der Waals surface area (Å²) in [5, 5.41) is 19.5. The summed E-state index contributed by atoms with van der Waals surface area (Å²) >= 11 is 7.27. The molecule has 242 valence electrons. The van der Waals surface area contributed by atoms with Crippen LogP contribution in [0.1, 0.15) is 58.8 Å². The number of aromatic nitrogens is 2. The first-order valence-electron chi connectivity index (χ1n) is 16.3. The van der Waals surface area contributed by atoms with E-state index in [0.29, 0.717) is 24.4 Å². The van der Waals surface area contributed by atoms with Crippen LogP contribution in [-0.2, 0) is 19.4 Å². The summed E-state index contributed by atoms with van der Waals surface area (Å²) < 4.78 is 10.3. The lowest BCUT2D eigenvalue weighted by Gasteiger charge is -2.47. The molecule has 7 nitrogen and oxygen atoms in total. The maximum atomic E-state index is 13.9. The van der Waals surface area contributed by atoms with Crippen molar-refractivity contribution in [2.75, 3.05) is 6.54 Å². The van der Waals surface area contributed by atoms with Crippen LogP contribution in [0.2, 0.25) is 0 Å². The smallest absolute Gasteiger partial charge is 0.251 e. The summed E-state index contributed by atoms with van der Waals surface area (Å²) in [6, 6.07) is 27.8. The van der Waals surface area contributed by atoms with Crippen LogP contribution in [0.5, 0.6) is 5.88 Å². The molecule has 0 unspecified atom stereocenters. The van der Waals surface area contributed by atoms with Crippen LogP contribution in [0.25, 0.3) is 10.9 Å². The quantitative estimate of drug-likeness (QED) is 0.130. The molecule has 2 aliphatic rings. The standard InChI is InChI=1S/C38H38Br2N4O3/c39-28-21-30-33(22-38(14-7-15-38)47-37(30)42-23-28)41-24-35(45)32(18-26-10-5-2-6-11-26)43-36(46)27-19-31(40)29-13-17-44(34(29)20-27)16-12-25-8-3-1-4-9-25/h1-6,8-11,13,17,19-21,23,32-33,35,41,45H,7,12,14-16,18,22,24H2,(H,43,46)/t32-,33-,35+/m0/s1. The topological polar surface area (TPSA) is 88.4 Å². The maximum Gasteiger partial charge on any atom is 0.251 e. The van der Waals surface area contributed by atoms with Crippen molar-refractivity contribution in [1.82, 2.24) is 20.2 Å². The average molecular weight is 759 g/mol. The highest BCUT2D eigenvalue weighted by Gasteiger charge is 2.46. The zero-order chi connectivity index (χ0) is 32.4. The van der Waals surface area contributed by atoms with Gasteiger partial charge in [-0.1, -0.05) is 76.6 Å². The number of nitrogens with zero attached hydrogens (tertiary/aromatic N) is 2. The Morgan fingerprint density at radius 1 is 1.02 bits per heavy atom. The van der Waals surface area contributed by atoms with Crippen molar-refractivity contribution in [2.45, 2.75) is 68.9 Å². The fourth-order valence-electron chi connectivity index (χ4n) is 6.84. The van der Waals surface area contributed by atoms with Crippen LogP contribution in [0.3, 0.4) is 0 Å². The van der Waals surface area contributed by atoms with Crippen molar-refractivity contribution in [2.24, 2.45) is 0 Å². The SMILES string of the molecule is O=C(N[C@@H](Cc1ccccc1)[C@H](O)CN[C@H]1CC2(CCC2)Oc2ncc(Br)cc21)c1cc(Br)c2ccn(CCc3ccccc3)c2c1. The number of amides is 1. The number of pyridine rings is 1. The van der Waals surface area contributed by atoms with Crippen molar-refractivity contribution >= 4 is 48.7 Å². The van der Waals surface area contributed by atoms with Crippen LogP contribution < -0.4 is 15.4 Å². The van der Waals surface area contributed by atoms with E-state index >= 15 is 0 Å². The number of fused-ring (bicyclic) bond motifs is 2. The average Bonchev–Trinajstić information content (AvgIpc) is 3.49. The third-order valence-electron chi connectivity index (χ3n) is 9.61. The van der Waals surface area contributed by atoms with Gasteiger partial charge in [-0.05, 0) is 83.4 Å². The highest BCUT2D eigenvalue weighted by Crippen LogP contribution is 2.48. The van der Waals surface area contributed by atoms with Crippen molar-refractivity contribution in [3.8, 4) is 5.88 Å². The highest BCUT2D eigenvalue weighted by molar-refractivity contribution is 9.11. The van der Waals surface area contributed by atoms with Crippen LogP contribution in [-0.4, -0.2) is 44.9 Å². The van der Waals surface area contributed by atoms with E-state index in [0.717, 1.165) is 69.6 Å². The molecular weight excluding hydrogens is 720 g/mol. The summed E-state index contributed by atoms with van der Waals surface area (Å²) in [5.41, 5.74) is 4.64. The summed E-state index contributed by atoms with van der Waals surface area (Å²) in [5.74, 6) is 0.441. The number of halogens is 2. The molecule has 0 bridgehead atoms. The van der Waals surface area contributed by atoms with Crippen molar-refractivity contribution in [3.63, 3.8) is 0 Å². The van der Waals surface area contributed by atoms with E-state index < -0.39 is 12.1 Å². The number of nitrogens with one attached hydrogen (secondary N) is 2. The van der Waals surface area contributed by atoms with E-state index in [1.807, 2.05) is 54.6 Å². The molecule has 9 heteroatoms. The molecule has 47 heavy (non-hydrogen) atoms. The number of rotatable bonds is 11. The number of carbonyl (C=O) groups excluding carboxylic acids is 1. The molecule has 1 aliphatic carbocycles. The van der Waals surface area contributed by atoms with E-state index in [4.69, 9.17) is 4.74 Å². The second kappa shape index (κ2) is 13.9. The van der Waals surface area contributed by atoms with Crippen LogP contribution >= 0.6 is 31.9 Å². The lowest BCUT2D eigenvalue weighted by atomic mass is 9.73. The minimum absolute atomic E-state index is 0.0196. The third kappa shape index (κ3) is 7.18. The minimum Gasteiger partial charge on any atom is -0.471 e. The Labute approximate surface area is 292 Å². The summed E-state index contributed by atoms with van der Waals surface area (Å²) in [4.78, 5) is 18.5. The number of aliphatic hydroxyl groups excluding tert-OH is 1. The predicted molar refractivity (Wildman–Crippen MR) is 192 cm³/mol. The van der Waals surface area contributed by atoms with Gasteiger partial charge in [0, 0.05) is 68.9 Å². The first-order chi connectivity index (χ1) is 22.9. The number of benzene rings is 3. The first-order valence-corrected chi connectivity index (χ1v) is 17.9. The lowest BCUT2D eigenvalue weighted by molar-refractivity contribution is -0.0420. The second-order valence-corrected chi connectivity index (χ2v) is 14.6. The predicted octanol–water partition coefficient (Wildman–Crippen LogP) is 7.54. The van der Waals surface area contributed by atoms with Gasteiger partial charge in [0.2, 0.25) is 5.88 Å². The van der Waals surface area contributed by atoms with Gasteiger partial charge in [-0.3, -0.25) is 4.79 Å². The van der Waals surface area contributed by atoms with E-state index in [2.05, 4.69) is 88.6 Å². The summed E-state index contributed by atoms with van der Waals surface area (Å²) in [6.45, 7) is 1.10. The van der Waals surface area contributed by atoms with Gasteiger partial charge in [0.05, 0.1) is 12.1 Å². The van der Waals surface area contributed by atoms with E-state index in [1.54, 1.807) is 6.20 Å². The fraction of sp³-hybridized carbons (Fsp3) is 0.316. The maximum absolute atomic E-state index is 13.9. The molecular formula is C38H38Br2N4O3. The Morgan fingerprint density at radius 2 is 1.77 bits per heavy atom. The van der Waals surface area contributed by atoms with E-state index in [9.17, 15) is 9.90 Å². The van der Waals surface area contributed by atoms with Gasteiger partial charge in [-0.2, -0.15) is 0 Å². The number of aliphatic hydroxyl groups is 1. The van der Waals surface area contributed by atoms with Crippen molar-refractivity contribution < 1.29 is 14.6 Å². The van der Waals surface area contributed by atoms with Crippen molar-refractivity contribution in [3.05, 3.63) is 129 Å². The molecule has 1 spiro atoms. The third-order valence-corrected chi connectivity index (χ3v) is 10.7. The molecule has 2 aromatic heterocycles. The highest BCUT2D eigenvalue weighted by atomic mass is 79.9. The van der Waals surface area contributed by atoms with E-state index in [-0.39, 0.29) is 17.6 Å². The van der Waals surface area contributed by atoms with Gasteiger partial charge in [0.1, 0.15) is 5.60 Å². The monoisotopic (exact) mass is 756 g/mol. The van der Waals surface area contributed by atoms with Crippen LogP contribution in [0.4, 0.5) is 0 Å². The van der Waals surface area contributed by atoms with Gasteiger partial charge >= 0.3 is 0 Å². The zero-order valence-corrected chi connectivity index (χ0v) is 29.2. The summed E-state index contributed by atoms with van der Waals surface area (Å²) in [7, 11) is 0. The lowest BCUT2D eigenvalue weighted by Crippen LogP contribution is -2.52. The largest absolute Gasteiger partial charge is 0.471 e. The molecule has 3 heterocycles. The Morgan fingerprint density at radius 3 is 2.49 bits per heavy atom. The number of aryl methyl sites for hydroxylation is 2. The number of carbonyl (C=O) groups is 1. The number of hydrogen-bond acceptors (Lipinski definition) is 5. The molecule has 7 rings (SSSR count). The van der Waals surface area contributed by atoms with E-state index in [1.165, 1.54) is 5.56 Å². The Balaban J connectivity index is 1.09. The molecule has 1 amide bonds. The molecule has 0 radical (unpaired) electrons. The van der Waals surface area contributed by atoms with Gasteiger partial charge in [-0.25, -0.2) is 4.98 Å². The normalized spacial score (nSPS) is 17.8. The number of ether oxygens (including phenoxy) is 1. The minimum atomic E-state index is -0.843. The first kappa shape index (κ1) is 32.1. The molecule has 3 atom stereocenters. The molecule has 1 saturated carbocycles.